The molecule has 7 heavy (non-hydrogen) atoms. The summed E-state index contributed by atoms with van der Waals surface area (Å²) >= 11 is 0. The molecule has 2 N–H and O–H groups in total. The Kier molecular flexibility index (Phi) is 12.0. The van der Waals surface area contributed by atoms with Gasteiger partial charge in [-0.2, -0.15) is 0 Å². The van der Waals surface area contributed by atoms with Crippen LogP contribution in [0, 0.1) is 0 Å². The van der Waals surface area contributed by atoms with E-state index in [0.29, 0.717) is 0 Å². The van der Waals surface area contributed by atoms with Crippen molar-refractivity contribution in [3.8, 4) is 0 Å². The molecule has 43 valence electrons. The predicted octanol–water partition coefficient (Wildman–Crippen LogP) is -2.84. The summed E-state index contributed by atoms with van der Waals surface area (Å²) in [6.45, 7) is 0. The Balaban J connectivity index is -0.0000000267. The minimum atomic E-state index is -5.14. The Morgan fingerprint density at radius 1 is 1.57 bits per heavy atom. The summed E-state index contributed by atoms with van der Waals surface area (Å²) in [6, 6.07) is 0. The standard InChI is InChI=1S/Co.FH2O3P.Li.H/c;1-5(2,3)4;;/h;(H2,2,3,4);;/q;;+1;-1. The maximum absolute atomic E-state index is 10.4. The van der Waals surface area contributed by atoms with Gasteiger partial charge in [-0.3, -0.25) is 9.79 Å². The summed E-state index contributed by atoms with van der Waals surface area (Å²) in [7, 11) is -5.14. The van der Waals surface area contributed by atoms with Gasteiger partial charge in [0.05, 0.1) is 0 Å². The third kappa shape index (κ3) is 138. The van der Waals surface area contributed by atoms with Crippen molar-refractivity contribution in [1.82, 2.24) is 0 Å². The van der Waals surface area contributed by atoms with Crippen molar-refractivity contribution >= 4 is 7.91 Å². The van der Waals surface area contributed by atoms with Crippen molar-refractivity contribution in [2.75, 3.05) is 0 Å². The van der Waals surface area contributed by atoms with Crippen LogP contribution in [0.15, 0.2) is 0 Å². The maximum Gasteiger partial charge on any atom is 1.00 e. The molecule has 0 heterocycles. The Bertz CT molecular complexity index is 65.4. The average Bonchev–Trinajstić information content (AvgIpc) is 0.722. The Hall–Kier alpha value is 1.18. The molecule has 0 atom stereocenters. The summed E-state index contributed by atoms with van der Waals surface area (Å²) in [5.74, 6) is 0. The largest absolute Gasteiger partial charge is 1.00 e. The molecule has 0 aromatic rings. The van der Waals surface area contributed by atoms with Gasteiger partial charge in [-0.05, 0) is 0 Å². The van der Waals surface area contributed by atoms with E-state index in [-0.39, 0.29) is 37.1 Å². The van der Waals surface area contributed by atoms with Gasteiger partial charge in [-0.25, -0.2) is 4.57 Å². The minimum absolute atomic E-state index is 0. The van der Waals surface area contributed by atoms with Crippen LogP contribution in [0.3, 0.4) is 0 Å². The predicted molar refractivity (Wildman–Crippen MR) is 14.3 cm³/mol. The molecule has 0 aromatic carbocycles. The molecule has 0 fully saturated rings. The Morgan fingerprint density at radius 3 is 1.57 bits per heavy atom. The number of hydrogen-bond acceptors (Lipinski definition) is 1. The van der Waals surface area contributed by atoms with E-state index in [1.807, 2.05) is 0 Å². The quantitative estimate of drug-likeness (QED) is 0.301. The van der Waals surface area contributed by atoms with Gasteiger partial charge in [0.1, 0.15) is 0 Å². The first kappa shape index (κ1) is 15.7. The molecule has 0 aliphatic rings. The third-order valence-electron chi connectivity index (χ3n) is 0. The average molecular weight is 167 g/mol. The molecule has 0 bridgehead atoms. The van der Waals surface area contributed by atoms with Crippen LogP contribution in [-0.2, 0) is 21.3 Å². The first-order valence-corrected chi connectivity index (χ1v) is 2.25. The van der Waals surface area contributed by atoms with E-state index in [1.54, 1.807) is 0 Å². The maximum atomic E-state index is 10.4. The van der Waals surface area contributed by atoms with Crippen molar-refractivity contribution in [3.63, 3.8) is 0 Å². The topological polar surface area (TPSA) is 57.5 Å². The van der Waals surface area contributed by atoms with Crippen LogP contribution in [0.4, 0.5) is 4.20 Å². The second-order valence-corrected chi connectivity index (χ2v) is 1.42. The van der Waals surface area contributed by atoms with Gasteiger partial charge in [0, 0.05) is 16.8 Å². The van der Waals surface area contributed by atoms with E-state index in [2.05, 4.69) is 0 Å². The fourth-order valence-electron chi connectivity index (χ4n) is 0. The third-order valence-corrected chi connectivity index (χ3v) is 0. The SMILES string of the molecule is O=P(O)(O)F.[Co].[H-].[Li+]. The van der Waals surface area contributed by atoms with Gasteiger partial charge in [0.25, 0.3) is 0 Å². The normalized spacial score (nSPS) is 8.43. The van der Waals surface area contributed by atoms with Crippen LogP contribution in [-0.4, -0.2) is 9.79 Å². The van der Waals surface area contributed by atoms with Crippen LogP contribution in [0.1, 0.15) is 1.43 Å². The van der Waals surface area contributed by atoms with Gasteiger partial charge < -0.3 is 1.43 Å². The Labute approximate surface area is 63.8 Å². The zero-order valence-corrected chi connectivity index (χ0v) is 5.40. The number of hydrogen-bond donors (Lipinski definition) is 2. The molecule has 0 saturated heterocycles. The molecule has 3 nitrogen and oxygen atoms in total. The second-order valence-electron chi connectivity index (χ2n) is 0.473. The second kappa shape index (κ2) is 5.32. The molecule has 1 radical (unpaired) electrons. The summed E-state index contributed by atoms with van der Waals surface area (Å²) in [6.07, 6.45) is 0. The molecule has 0 unspecified atom stereocenters. The van der Waals surface area contributed by atoms with Crippen molar-refractivity contribution in [1.29, 1.82) is 0 Å². The summed E-state index contributed by atoms with van der Waals surface area (Å²) in [4.78, 5) is 13.9. The fourth-order valence-corrected chi connectivity index (χ4v) is 0. The van der Waals surface area contributed by atoms with Crippen LogP contribution >= 0.6 is 7.91 Å². The summed E-state index contributed by atoms with van der Waals surface area (Å²) in [5.41, 5.74) is 0. The van der Waals surface area contributed by atoms with E-state index in [4.69, 9.17) is 14.4 Å². The zero-order valence-electron chi connectivity index (χ0n) is 4.46. The first-order chi connectivity index (χ1) is 2.00. The summed E-state index contributed by atoms with van der Waals surface area (Å²) in [5, 5.41) is 0. The van der Waals surface area contributed by atoms with Crippen molar-refractivity contribution < 1.29 is 55.6 Å². The van der Waals surface area contributed by atoms with Gasteiger partial charge >= 0.3 is 26.8 Å². The van der Waals surface area contributed by atoms with Crippen LogP contribution in [0.25, 0.3) is 0 Å². The number of halogens is 1. The van der Waals surface area contributed by atoms with Crippen LogP contribution in [0.5, 0.6) is 0 Å². The molecular formula is H3CoFLiO3P. The molecule has 0 aliphatic carbocycles. The Morgan fingerprint density at radius 2 is 1.57 bits per heavy atom. The summed E-state index contributed by atoms with van der Waals surface area (Å²) < 4.78 is 19.0. The zero-order chi connectivity index (χ0) is 4.50. The molecular weight excluding hydrogens is 164 g/mol. The molecule has 0 aliphatic heterocycles. The van der Waals surface area contributed by atoms with Crippen molar-refractivity contribution in [2.45, 2.75) is 0 Å². The first-order valence-electron chi connectivity index (χ1n) is 0.752. The minimum Gasteiger partial charge on any atom is -1.00 e. The molecule has 0 rings (SSSR count). The van der Waals surface area contributed by atoms with Gasteiger partial charge in [-0.1, -0.05) is 0 Å². The van der Waals surface area contributed by atoms with Gasteiger partial charge in [0.2, 0.25) is 0 Å². The molecule has 0 aromatic heterocycles. The monoisotopic (exact) mass is 167 g/mol. The van der Waals surface area contributed by atoms with Gasteiger partial charge in [0.15, 0.2) is 0 Å². The van der Waals surface area contributed by atoms with E-state index >= 15 is 0 Å². The molecule has 0 spiro atoms. The van der Waals surface area contributed by atoms with Crippen molar-refractivity contribution in [2.24, 2.45) is 0 Å². The smallest absolute Gasteiger partial charge is 1.00 e. The van der Waals surface area contributed by atoms with Gasteiger partial charge in [-0.15, -0.1) is 4.20 Å². The van der Waals surface area contributed by atoms with E-state index in [1.165, 1.54) is 0 Å². The van der Waals surface area contributed by atoms with Crippen LogP contribution < -0.4 is 18.9 Å². The van der Waals surface area contributed by atoms with E-state index < -0.39 is 7.91 Å². The number of rotatable bonds is 0. The van der Waals surface area contributed by atoms with E-state index in [0.717, 1.165) is 0 Å². The molecule has 0 amide bonds. The molecule has 0 saturated carbocycles. The van der Waals surface area contributed by atoms with E-state index in [9.17, 15) is 4.20 Å². The fraction of sp³-hybridized carbons (Fsp3) is 0. The van der Waals surface area contributed by atoms with Crippen LogP contribution in [0.2, 0.25) is 0 Å². The molecule has 7 heteroatoms. The van der Waals surface area contributed by atoms with Crippen molar-refractivity contribution in [3.05, 3.63) is 0 Å².